The van der Waals surface area contributed by atoms with Gasteiger partial charge in [-0.3, -0.25) is 9.59 Å². The van der Waals surface area contributed by atoms with Crippen LogP contribution >= 0.6 is 0 Å². The van der Waals surface area contributed by atoms with Crippen LogP contribution in [0.3, 0.4) is 0 Å². The third kappa shape index (κ3) is 31.6. The Hall–Kier alpha value is -1.59. The molecule has 0 bridgehead atoms. The first-order chi connectivity index (χ1) is 21.0. The number of nitrogens with one attached hydrogen (secondary N) is 1. The number of esters is 1. The Morgan fingerprint density at radius 3 is 1.23 bits per heavy atom. The number of ether oxygens (including phenoxy) is 1. The zero-order valence-corrected chi connectivity index (χ0v) is 28.6. The molecule has 0 rings (SSSR count). The van der Waals surface area contributed by atoms with Gasteiger partial charge in [-0.1, -0.05) is 174 Å². The number of carbonyl (C=O) groups is 3. The molecule has 0 aromatic heterocycles. The van der Waals surface area contributed by atoms with Crippen molar-refractivity contribution in [2.24, 2.45) is 0 Å². The van der Waals surface area contributed by atoms with E-state index < -0.39 is 18.0 Å². The van der Waals surface area contributed by atoms with Crippen LogP contribution in [-0.2, 0) is 19.1 Å². The number of carbonyl (C=O) groups excluding carboxylic acids is 2. The lowest BCUT2D eigenvalue weighted by Crippen LogP contribution is -2.42. The van der Waals surface area contributed by atoms with Gasteiger partial charge in [-0.15, -0.1) is 0 Å². The molecule has 6 nitrogen and oxygen atoms in total. The van der Waals surface area contributed by atoms with E-state index in [9.17, 15) is 14.4 Å². The topological polar surface area (TPSA) is 92.7 Å². The van der Waals surface area contributed by atoms with Crippen LogP contribution in [0, 0.1) is 0 Å². The average Bonchev–Trinajstić information content (AvgIpc) is 2.99. The van der Waals surface area contributed by atoms with Crippen LogP contribution in [0.1, 0.15) is 206 Å². The smallest absolute Gasteiger partial charge is 0.328 e. The zero-order chi connectivity index (χ0) is 31.6. The Kier molecular flexibility index (Phi) is 32.1. The number of carboxylic acids is 1. The summed E-state index contributed by atoms with van der Waals surface area (Å²) >= 11 is 0. The Morgan fingerprint density at radius 1 is 0.512 bits per heavy atom. The molecule has 1 atom stereocenters. The summed E-state index contributed by atoms with van der Waals surface area (Å²) in [6.07, 6.45) is 34.2. The van der Waals surface area contributed by atoms with Crippen molar-refractivity contribution in [2.45, 2.75) is 213 Å². The third-order valence-electron chi connectivity index (χ3n) is 8.52. The number of unbranched alkanes of at least 4 members (excludes halogenated alkanes) is 25. The first-order valence-corrected chi connectivity index (χ1v) is 18.7. The lowest BCUT2D eigenvalue weighted by molar-refractivity contribution is -0.148. The highest BCUT2D eigenvalue weighted by atomic mass is 16.5. The fraction of sp³-hybridized carbons (Fsp3) is 0.919. The molecule has 254 valence electrons. The second-order valence-corrected chi connectivity index (χ2v) is 12.8. The van der Waals surface area contributed by atoms with Gasteiger partial charge in [0.05, 0.1) is 6.61 Å². The van der Waals surface area contributed by atoms with Crippen molar-refractivity contribution in [3.8, 4) is 0 Å². The normalized spacial score (nSPS) is 11.9. The average molecular weight is 610 g/mol. The molecule has 0 unspecified atom stereocenters. The lowest BCUT2D eigenvalue weighted by Gasteiger charge is -2.17. The second-order valence-electron chi connectivity index (χ2n) is 12.8. The van der Waals surface area contributed by atoms with Gasteiger partial charge < -0.3 is 15.2 Å². The lowest BCUT2D eigenvalue weighted by atomic mass is 10.0. The molecule has 0 saturated carbocycles. The number of carboxylic acid groups (broad SMARTS) is 1. The highest BCUT2D eigenvalue weighted by Gasteiger charge is 2.23. The summed E-state index contributed by atoms with van der Waals surface area (Å²) in [5.41, 5.74) is 0. The number of hydrogen-bond acceptors (Lipinski definition) is 4. The molecule has 0 aliphatic carbocycles. The van der Waals surface area contributed by atoms with Crippen LogP contribution in [0.15, 0.2) is 0 Å². The van der Waals surface area contributed by atoms with Crippen molar-refractivity contribution in [2.75, 3.05) is 6.61 Å². The second kappa shape index (κ2) is 33.3. The Bertz CT molecular complexity index is 638. The van der Waals surface area contributed by atoms with E-state index in [2.05, 4.69) is 19.2 Å². The summed E-state index contributed by atoms with van der Waals surface area (Å²) in [5, 5.41) is 11.8. The van der Waals surface area contributed by atoms with Crippen LogP contribution in [0.4, 0.5) is 0 Å². The maximum absolute atomic E-state index is 12.6. The van der Waals surface area contributed by atoms with Crippen LogP contribution in [0.5, 0.6) is 0 Å². The Balaban J connectivity index is 3.84. The SMILES string of the molecule is CCCCCCCCCCCCCCCCCC(=O)N[C@@H](CCC(=O)O)C(=O)OCCCCCCCCCCCCCC. The minimum absolute atomic E-state index is 0.0667. The van der Waals surface area contributed by atoms with Gasteiger partial charge >= 0.3 is 11.9 Å². The fourth-order valence-electron chi connectivity index (χ4n) is 5.66. The van der Waals surface area contributed by atoms with Gasteiger partial charge in [0.25, 0.3) is 0 Å². The van der Waals surface area contributed by atoms with Gasteiger partial charge in [0.15, 0.2) is 0 Å². The zero-order valence-electron chi connectivity index (χ0n) is 28.6. The van der Waals surface area contributed by atoms with Crippen molar-refractivity contribution >= 4 is 17.8 Å². The van der Waals surface area contributed by atoms with Crippen molar-refractivity contribution in [3.63, 3.8) is 0 Å². The number of aliphatic carboxylic acids is 1. The van der Waals surface area contributed by atoms with Crippen LogP contribution in [-0.4, -0.2) is 35.6 Å². The predicted molar refractivity (Wildman–Crippen MR) is 180 cm³/mol. The quantitative estimate of drug-likeness (QED) is 0.0559. The van der Waals surface area contributed by atoms with Gasteiger partial charge in [-0.05, 0) is 19.3 Å². The van der Waals surface area contributed by atoms with E-state index in [4.69, 9.17) is 9.84 Å². The highest BCUT2D eigenvalue weighted by Crippen LogP contribution is 2.15. The van der Waals surface area contributed by atoms with E-state index in [0.29, 0.717) is 13.0 Å². The maximum Gasteiger partial charge on any atom is 0.328 e. The summed E-state index contributed by atoms with van der Waals surface area (Å²) in [6, 6.07) is -0.878. The van der Waals surface area contributed by atoms with E-state index in [1.165, 1.54) is 135 Å². The molecular formula is C37H71NO5. The first-order valence-electron chi connectivity index (χ1n) is 18.7. The summed E-state index contributed by atoms with van der Waals surface area (Å²) in [6.45, 7) is 4.84. The number of amides is 1. The number of hydrogen-bond donors (Lipinski definition) is 2. The van der Waals surface area contributed by atoms with E-state index in [1.54, 1.807) is 0 Å². The van der Waals surface area contributed by atoms with Gasteiger partial charge in [0.1, 0.15) is 6.04 Å². The molecule has 1 amide bonds. The van der Waals surface area contributed by atoms with E-state index in [-0.39, 0.29) is 18.7 Å². The predicted octanol–water partition coefficient (Wildman–Crippen LogP) is 10.8. The summed E-state index contributed by atoms with van der Waals surface area (Å²) in [7, 11) is 0. The molecule has 0 spiro atoms. The minimum atomic E-state index is -0.976. The minimum Gasteiger partial charge on any atom is -0.481 e. The molecule has 6 heteroatoms. The molecular weight excluding hydrogens is 538 g/mol. The third-order valence-corrected chi connectivity index (χ3v) is 8.52. The van der Waals surface area contributed by atoms with Crippen LogP contribution in [0.25, 0.3) is 0 Å². The maximum atomic E-state index is 12.6. The molecule has 0 heterocycles. The van der Waals surface area contributed by atoms with E-state index >= 15 is 0 Å². The Morgan fingerprint density at radius 2 is 0.860 bits per heavy atom. The number of rotatable bonds is 34. The van der Waals surface area contributed by atoms with Gasteiger partial charge in [-0.25, -0.2) is 4.79 Å². The van der Waals surface area contributed by atoms with Crippen molar-refractivity contribution < 1.29 is 24.2 Å². The van der Waals surface area contributed by atoms with Gasteiger partial charge in [0, 0.05) is 12.8 Å². The van der Waals surface area contributed by atoms with E-state index in [1.807, 2.05) is 0 Å². The van der Waals surface area contributed by atoms with Gasteiger partial charge in [-0.2, -0.15) is 0 Å². The first kappa shape index (κ1) is 41.4. The molecule has 43 heavy (non-hydrogen) atoms. The summed E-state index contributed by atoms with van der Waals surface area (Å²) < 4.78 is 5.41. The van der Waals surface area contributed by atoms with Crippen LogP contribution in [0.2, 0.25) is 0 Å². The fourth-order valence-corrected chi connectivity index (χ4v) is 5.66. The van der Waals surface area contributed by atoms with Crippen LogP contribution < -0.4 is 5.32 Å². The molecule has 0 radical (unpaired) electrons. The van der Waals surface area contributed by atoms with Crippen molar-refractivity contribution in [3.05, 3.63) is 0 Å². The van der Waals surface area contributed by atoms with Gasteiger partial charge in [0.2, 0.25) is 5.91 Å². The molecule has 0 aliphatic rings. The molecule has 0 aliphatic heterocycles. The van der Waals surface area contributed by atoms with Crippen molar-refractivity contribution in [1.29, 1.82) is 0 Å². The van der Waals surface area contributed by atoms with E-state index in [0.717, 1.165) is 38.5 Å². The molecule has 0 fully saturated rings. The monoisotopic (exact) mass is 610 g/mol. The summed E-state index contributed by atoms with van der Waals surface area (Å²) in [5.74, 6) is -1.67. The largest absolute Gasteiger partial charge is 0.481 e. The molecule has 2 N–H and O–H groups in total. The standard InChI is InChI=1S/C37H71NO5/c1-3-5-7-9-11-13-15-17-18-19-20-22-24-26-28-30-35(39)38-34(31-32-36(40)41)37(42)43-33-29-27-25-23-21-16-14-12-10-8-6-4-2/h34H,3-33H2,1-2H3,(H,38,39)(H,40,41)/t34-/m0/s1. The summed E-state index contributed by atoms with van der Waals surface area (Å²) in [4.78, 5) is 36.1. The molecule has 0 aromatic carbocycles. The Labute approximate surface area is 266 Å². The van der Waals surface area contributed by atoms with Crippen molar-refractivity contribution in [1.82, 2.24) is 5.32 Å². The molecule has 0 saturated heterocycles. The highest BCUT2D eigenvalue weighted by molar-refractivity contribution is 5.84. The molecule has 0 aromatic rings.